The molecule has 1 amide bonds. The predicted molar refractivity (Wildman–Crippen MR) is 63.0 cm³/mol. The molecule has 1 atom stereocenters. The van der Waals surface area contributed by atoms with Gasteiger partial charge in [-0.3, -0.25) is 4.79 Å². The highest BCUT2D eigenvalue weighted by atomic mass is 16.5. The molecule has 0 fully saturated rings. The molecule has 1 aromatic rings. The van der Waals surface area contributed by atoms with E-state index in [9.17, 15) is 9.59 Å². The molecule has 0 saturated heterocycles. The van der Waals surface area contributed by atoms with Crippen LogP contribution in [0.15, 0.2) is 30.3 Å². The van der Waals surface area contributed by atoms with Gasteiger partial charge in [-0.15, -0.1) is 0 Å². The van der Waals surface area contributed by atoms with E-state index >= 15 is 0 Å². The van der Waals surface area contributed by atoms with Gasteiger partial charge in [0.25, 0.3) is 0 Å². The lowest BCUT2D eigenvalue weighted by molar-refractivity contribution is -0.147. The van der Waals surface area contributed by atoms with Crippen LogP contribution < -0.4 is 11.1 Å². The van der Waals surface area contributed by atoms with Crippen LogP contribution in [-0.2, 0) is 14.3 Å². The lowest BCUT2D eigenvalue weighted by atomic mass is 10.1. The fourth-order valence-corrected chi connectivity index (χ4v) is 1.37. The first-order chi connectivity index (χ1) is 8.19. The molecule has 0 radical (unpaired) electrons. The van der Waals surface area contributed by atoms with Gasteiger partial charge in [-0.25, -0.2) is 4.79 Å². The number of benzene rings is 1. The molecule has 5 nitrogen and oxygen atoms in total. The second-order valence-electron chi connectivity index (χ2n) is 3.37. The van der Waals surface area contributed by atoms with E-state index in [1.807, 2.05) is 6.07 Å². The topological polar surface area (TPSA) is 81.4 Å². The van der Waals surface area contributed by atoms with E-state index < -0.39 is 17.9 Å². The summed E-state index contributed by atoms with van der Waals surface area (Å²) in [7, 11) is 0. The highest BCUT2D eigenvalue weighted by Crippen LogP contribution is 2.14. The minimum absolute atomic E-state index is 0.164. The molecule has 0 aliphatic heterocycles. The van der Waals surface area contributed by atoms with Crippen LogP contribution in [0.5, 0.6) is 0 Å². The maximum absolute atomic E-state index is 11.7. The van der Waals surface area contributed by atoms with Crippen molar-refractivity contribution in [2.45, 2.75) is 13.0 Å². The first-order valence-corrected chi connectivity index (χ1v) is 5.40. The molecule has 5 heteroatoms. The number of nitrogens with two attached hydrogens (primary N) is 1. The largest absolute Gasteiger partial charge is 0.464 e. The zero-order valence-corrected chi connectivity index (χ0v) is 9.68. The molecule has 0 heterocycles. The molecule has 0 spiro atoms. The van der Waals surface area contributed by atoms with Crippen molar-refractivity contribution < 1.29 is 14.3 Å². The first-order valence-electron chi connectivity index (χ1n) is 5.40. The molecule has 92 valence electrons. The minimum Gasteiger partial charge on any atom is -0.464 e. The van der Waals surface area contributed by atoms with Crippen molar-refractivity contribution >= 4 is 11.9 Å². The van der Waals surface area contributed by atoms with Crippen LogP contribution in [0.25, 0.3) is 0 Å². The summed E-state index contributed by atoms with van der Waals surface area (Å²) in [5.74, 6) is -0.882. The normalized spacial score (nSPS) is 11.6. The Bertz CT molecular complexity index is 379. The third-order valence-electron chi connectivity index (χ3n) is 2.15. The van der Waals surface area contributed by atoms with Gasteiger partial charge in [-0.1, -0.05) is 30.3 Å². The molecular weight excluding hydrogens is 220 g/mol. The number of rotatable bonds is 5. The Labute approximate surface area is 99.9 Å². The van der Waals surface area contributed by atoms with E-state index in [0.717, 1.165) is 0 Å². The van der Waals surface area contributed by atoms with Crippen molar-refractivity contribution in [2.75, 3.05) is 13.2 Å². The van der Waals surface area contributed by atoms with Gasteiger partial charge in [0.05, 0.1) is 13.2 Å². The number of hydrogen-bond donors (Lipinski definition) is 2. The number of nitrogens with one attached hydrogen (secondary N) is 1. The zero-order valence-electron chi connectivity index (χ0n) is 9.68. The summed E-state index contributed by atoms with van der Waals surface area (Å²) in [5.41, 5.74) is 5.88. The molecule has 1 rings (SSSR count). The summed E-state index contributed by atoms with van der Waals surface area (Å²) < 4.78 is 4.91. The maximum atomic E-state index is 11.7. The second-order valence-corrected chi connectivity index (χ2v) is 3.37. The lowest BCUT2D eigenvalue weighted by Gasteiger charge is -2.17. The summed E-state index contributed by atoms with van der Waals surface area (Å²) in [6, 6.07) is 8.10. The van der Waals surface area contributed by atoms with Gasteiger partial charge in [0.1, 0.15) is 0 Å². The van der Waals surface area contributed by atoms with Gasteiger partial charge in [-0.2, -0.15) is 0 Å². The highest BCUT2D eigenvalue weighted by molar-refractivity contribution is 5.86. The number of carbonyl (C=O) groups excluding carboxylic acids is 2. The number of amides is 1. The summed E-state index contributed by atoms with van der Waals surface area (Å²) in [6.45, 7) is 1.81. The van der Waals surface area contributed by atoms with Crippen LogP contribution in [0.4, 0.5) is 0 Å². The van der Waals surface area contributed by atoms with Crippen LogP contribution in [-0.4, -0.2) is 25.0 Å². The van der Waals surface area contributed by atoms with Gasteiger partial charge in [0.15, 0.2) is 6.04 Å². The van der Waals surface area contributed by atoms with E-state index in [4.69, 9.17) is 10.5 Å². The molecule has 17 heavy (non-hydrogen) atoms. The number of ether oxygens (including phenoxy) is 1. The van der Waals surface area contributed by atoms with Gasteiger partial charge in [-0.05, 0) is 12.5 Å². The molecule has 3 N–H and O–H groups in total. The minimum atomic E-state index is -0.799. The Morgan fingerprint density at radius 3 is 2.53 bits per heavy atom. The highest BCUT2D eigenvalue weighted by Gasteiger charge is 2.23. The van der Waals surface area contributed by atoms with Gasteiger partial charge in [0.2, 0.25) is 5.91 Å². The Kier molecular flexibility index (Phi) is 5.16. The number of esters is 1. The smallest absolute Gasteiger partial charge is 0.333 e. The summed E-state index contributed by atoms with van der Waals surface area (Å²) >= 11 is 0. The first kappa shape index (κ1) is 13.2. The zero-order chi connectivity index (χ0) is 12.7. The molecule has 0 aliphatic carbocycles. The van der Waals surface area contributed by atoms with Crippen molar-refractivity contribution in [3.63, 3.8) is 0 Å². The molecule has 0 saturated carbocycles. The predicted octanol–water partition coefficient (Wildman–Crippen LogP) is 0.366. The van der Waals surface area contributed by atoms with Crippen LogP contribution in [0.1, 0.15) is 18.5 Å². The van der Waals surface area contributed by atoms with Crippen molar-refractivity contribution in [3.8, 4) is 0 Å². The lowest BCUT2D eigenvalue weighted by Crippen LogP contribution is -2.38. The van der Waals surface area contributed by atoms with Gasteiger partial charge in [0, 0.05) is 0 Å². The van der Waals surface area contributed by atoms with Crippen molar-refractivity contribution in [1.82, 2.24) is 5.32 Å². The van der Waals surface area contributed by atoms with Crippen LogP contribution in [0, 0.1) is 0 Å². The summed E-state index contributed by atoms with van der Waals surface area (Å²) in [6.07, 6.45) is 0. The van der Waals surface area contributed by atoms with Crippen molar-refractivity contribution in [3.05, 3.63) is 35.9 Å². The second kappa shape index (κ2) is 6.65. The number of carbonyl (C=O) groups is 2. The average Bonchev–Trinajstić information content (AvgIpc) is 2.36. The Balaban J connectivity index is 2.86. The third kappa shape index (κ3) is 3.88. The Morgan fingerprint density at radius 2 is 2.00 bits per heavy atom. The van der Waals surface area contributed by atoms with Crippen LogP contribution in [0.2, 0.25) is 0 Å². The van der Waals surface area contributed by atoms with Gasteiger partial charge >= 0.3 is 5.97 Å². The fourth-order valence-electron chi connectivity index (χ4n) is 1.37. The SMILES string of the molecule is CCOC(=O)[C@@H](NC(=O)CN)c1ccccc1. The van der Waals surface area contributed by atoms with E-state index in [2.05, 4.69) is 5.32 Å². The van der Waals surface area contributed by atoms with E-state index in [0.29, 0.717) is 5.56 Å². The van der Waals surface area contributed by atoms with E-state index in [1.165, 1.54) is 0 Å². The van der Waals surface area contributed by atoms with E-state index in [1.54, 1.807) is 31.2 Å². The van der Waals surface area contributed by atoms with E-state index in [-0.39, 0.29) is 13.2 Å². The summed E-state index contributed by atoms with van der Waals surface area (Å²) in [4.78, 5) is 23.0. The van der Waals surface area contributed by atoms with Crippen LogP contribution in [0.3, 0.4) is 0 Å². The monoisotopic (exact) mass is 236 g/mol. The molecule has 0 bridgehead atoms. The molecule has 0 unspecified atom stereocenters. The third-order valence-corrected chi connectivity index (χ3v) is 2.15. The fraction of sp³-hybridized carbons (Fsp3) is 0.333. The quantitative estimate of drug-likeness (QED) is 0.723. The van der Waals surface area contributed by atoms with Crippen molar-refractivity contribution in [1.29, 1.82) is 0 Å². The molecule has 1 aromatic carbocycles. The standard InChI is InChI=1S/C12H16N2O3/c1-2-17-12(16)11(14-10(15)8-13)9-6-4-3-5-7-9/h3-7,11H,2,8,13H2,1H3,(H,14,15)/t11-/m0/s1. The van der Waals surface area contributed by atoms with Crippen LogP contribution >= 0.6 is 0 Å². The average molecular weight is 236 g/mol. The summed E-state index contributed by atoms with van der Waals surface area (Å²) in [5, 5.41) is 2.53. The number of hydrogen-bond acceptors (Lipinski definition) is 4. The maximum Gasteiger partial charge on any atom is 0.333 e. The Morgan fingerprint density at radius 1 is 1.35 bits per heavy atom. The molecule has 0 aliphatic rings. The molecular formula is C12H16N2O3. The molecule has 0 aromatic heterocycles. The van der Waals surface area contributed by atoms with Gasteiger partial charge < -0.3 is 15.8 Å². The Hall–Kier alpha value is -1.88. The van der Waals surface area contributed by atoms with Crippen molar-refractivity contribution in [2.24, 2.45) is 5.73 Å².